The highest BCUT2D eigenvalue weighted by molar-refractivity contribution is 7.20. The monoisotopic (exact) mass is 427 g/mol. The summed E-state index contributed by atoms with van der Waals surface area (Å²) < 4.78 is 14.9. The number of imidazole rings is 1. The standard InChI is InChI=1S/C21H22FN5O2S/c1-3-4-9-27-11-24-20-17(21(27)29)12(2)18(30-20)19(28)23-8-7-16-25-14-6-5-13(22)10-15(14)26-16/h5-6,10-11H,3-4,7-9H2,1-2H3,(H,23,28)(H,25,26). The SMILES string of the molecule is CCCCn1cnc2sc(C(=O)NCCc3nc4ccc(F)cc4[nH]3)c(C)c2c1=O. The number of aromatic amines is 1. The van der Waals surface area contributed by atoms with Crippen LogP contribution >= 0.6 is 11.3 Å². The van der Waals surface area contributed by atoms with Crippen molar-refractivity contribution in [2.45, 2.75) is 39.7 Å². The lowest BCUT2D eigenvalue weighted by molar-refractivity contribution is 0.0957. The Kier molecular flexibility index (Phi) is 5.63. The Hall–Kier alpha value is -3.07. The number of carbonyl (C=O) groups is 1. The molecule has 3 heterocycles. The number of amides is 1. The molecule has 4 rings (SSSR count). The van der Waals surface area contributed by atoms with E-state index in [1.165, 1.54) is 23.5 Å². The second kappa shape index (κ2) is 8.35. The molecule has 1 aromatic carbocycles. The lowest BCUT2D eigenvalue weighted by Crippen LogP contribution is -2.26. The minimum atomic E-state index is -0.325. The number of carbonyl (C=O) groups excluding carboxylic acids is 1. The Morgan fingerprint density at radius 1 is 1.37 bits per heavy atom. The first-order valence-electron chi connectivity index (χ1n) is 9.88. The Morgan fingerprint density at radius 3 is 3.00 bits per heavy atom. The highest BCUT2D eigenvalue weighted by Gasteiger charge is 2.19. The second-order valence-electron chi connectivity index (χ2n) is 7.18. The summed E-state index contributed by atoms with van der Waals surface area (Å²) in [5, 5.41) is 3.39. The van der Waals surface area contributed by atoms with Crippen LogP contribution in [-0.4, -0.2) is 32.0 Å². The van der Waals surface area contributed by atoms with E-state index in [2.05, 4.69) is 27.2 Å². The minimum Gasteiger partial charge on any atom is -0.351 e. The first-order chi connectivity index (χ1) is 14.5. The van der Waals surface area contributed by atoms with E-state index in [1.807, 2.05) is 0 Å². The summed E-state index contributed by atoms with van der Waals surface area (Å²) in [6.45, 7) is 4.84. The van der Waals surface area contributed by atoms with Gasteiger partial charge in [-0.2, -0.15) is 0 Å². The number of aryl methyl sites for hydroxylation is 2. The Bertz CT molecular complexity index is 1290. The molecular weight excluding hydrogens is 405 g/mol. The van der Waals surface area contributed by atoms with Gasteiger partial charge in [-0.1, -0.05) is 13.3 Å². The van der Waals surface area contributed by atoms with E-state index in [0.717, 1.165) is 12.8 Å². The highest BCUT2D eigenvalue weighted by atomic mass is 32.1. The van der Waals surface area contributed by atoms with Gasteiger partial charge in [0, 0.05) is 19.5 Å². The van der Waals surface area contributed by atoms with Crippen LogP contribution in [0.25, 0.3) is 21.3 Å². The number of rotatable bonds is 7. The fourth-order valence-electron chi connectivity index (χ4n) is 3.39. The van der Waals surface area contributed by atoms with Crippen LogP contribution in [0.1, 0.15) is 40.8 Å². The van der Waals surface area contributed by atoms with Crippen LogP contribution in [0.5, 0.6) is 0 Å². The zero-order valence-electron chi connectivity index (χ0n) is 16.8. The van der Waals surface area contributed by atoms with Gasteiger partial charge in [-0.15, -0.1) is 11.3 Å². The summed E-state index contributed by atoms with van der Waals surface area (Å²) in [6, 6.07) is 4.37. The minimum absolute atomic E-state index is 0.101. The van der Waals surface area contributed by atoms with Crippen LogP contribution < -0.4 is 10.9 Å². The van der Waals surface area contributed by atoms with Crippen molar-refractivity contribution in [3.05, 3.63) is 57.0 Å². The van der Waals surface area contributed by atoms with E-state index in [-0.39, 0.29) is 17.3 Å². The number of halogens is 1. The Labute approximate surface area is 176 Å². The zero-order chi connectivity index (χ0) is 21.3. The Balaban J connectivity index is 1.48. The van der Waals surface area contributed by atoms with Gasteiger partial charge in [0.05, 0.1) is 27.6 Å². The number of hydrogen-bond donors (Lipinski definition) is 2. The number of nitrogens with one attached hydrogen (secondary N) is 2. The molecule has 0 aliphatic carbocycles. The molecular formula is C21H22FN5O2S. The molecule has 2 N–H and O–H groups in total. The predicted molar refractivity (Wildman–Crippen MR) is 116 cm³/mol. The number of fused-ring (bicyclic) bond motifs is 2. The summed E-state index contributed by atoms with van der Waals surface area (Å²) >= 11 is 1.23. The van der Waals surface area contributed by atoms with Crippen LogP contribution in [0, 0.1) is 12.7 Å². The topological polar surface area (TPSA) is 92.7 Å². The summed E-state index contributed by atoms with van der Waals surface area (Å²) in [5.41, 5.74) is 1.87. The van der Waals surface area contributed by atoms with E-state index in [0.29, 0.717) is 57.0 Å². The van der Waals surface area contributed by atoms with Crippen molar-refractivity contribution in [1.29, 1.82) is 0 Å². The average Bonchev–Trinajstić information content (AvgIpc) is 3.28. The molecule has 3 aromatic heterocycles. The summed E-state index contributed by atoms with van der Waals surface area (Å²) in [5.74, 6) is 0.107. The first kappa shape index (κ1) is 20.2. The summed E-state index contributed by atoms with van der Waals surface area (Å²) in [7, 11) is 0. The normalized spacial score (nSPS) is 11.4. The quantitative estimate of drug-likeness (QED) is 0.472. The van der Waals surface area contributed by atoms with Gasteiger partial charge >= 0.3 is 0 Å². The van der Waals surface area contributed by atoms with Gasteiger partial charge in [0.25, 0.3) is 11.5 Å². The fraction of sp³-hybridized carbons (Fsp3) is 0.333. The molecule has 0 aliphatic heterocycles. The van der Waals surface area contributed by atoms with Crippen LogP contribution in [0.2, 0.25) is 0 Å². The van der Waals surface area contributed by atoms with Crippen molar-refractivity contribution in [3.63, 3.8) is 0 Å². The van der Waals surface area contributed by atoms with Crippen LogP contribution in [0.4, 0.5) is 4.39 Å². The van der Waals surface area contributed by atoms with Gasteiger partial charge in [0.15, 0.2) is 0 Å². The van der Waals surface area contributed by atoms with Gasteiger partial charge in [0.2, 0.25) is 0 Å². The number of thiophene rings is 1. The van der Waals surface area contributed by atoms with Gasteiger partial charge in [-0.05, 0) is 37.1 Å². The molecule has 0 aliphatic rings. The number of aromatic nitrogens is 4. The molecule has 0 saturated heterocycles. The maximum Gasteiger partial charge on any atom is 0.262 e. The van der Waals surface area contributed by atoms with Crippen molar-refractivity contribution in [2.75, 3.05) is 6.54 Å². The lowest BCUT2D eigenvalue weighted by Gasteiger charge is -2.04. The second-order valence-corrected chi connectivity index (χ2v) is 8.18. The predicted octanol–water partition coefficient (Wildman–Crippen LogP) is 3.55. The number of benzene rings is 1. The molecule has 0 saturated carbocycles. The average molecular weight is 428 g/mol. The van der Waals surface area contributed by atoms with Gasteiger partial charge in [0.1, 0.15) is 16.5 Å². The number of nitrogens with zero attached hydrogens (tertiary/aromatic N) is 3. The third-order valence-corrected chi connectivity index (χ3v) is 6.22. The molecule has 9 heteroatoms. The first-order valence-corrected chi connectivity index (χ1v) is 10.7. The van der Waals surface area contributed by atoms with Crippen LogP contribution in [-0.2, 0) is 13.0 Å². The smallest absolute Gasteiger partial charge is 0.262 e. The highest BCUT2D eigenvalue weighted by Crippen LogP contribution is 2.26. The van der Waals surface area contributed by atoms with Crippen molar-refractivity contribution in [2.24, 2.45) is 0 Å². The zero-order valence-corrected chi connectivity index (χ0v) is 17.6. The third-order valence-electron chi connectivity index (χ3n) is 5.02. The van der Waals surface area contributed by atoms with E-state index >= 15 is 0 Å². The number of unbranched alkanes of at least 4 members (excludes halogenated alkanes) is 1. The van der Waals surface area contributed by atoms with Crippen molar-refractivity contribution in [3.8, 4) is 0 Å². The van der Waals surface area contributed by atoms with Crippen molar-refractivity contribution < 1.29 is 9.18 Å². The van der Waals surface area contributed by atoms with E-state index in [9.17, 15) is 14.0 Å². The maximum atomic E-state index is 13.3. The molecule has 30 heavy (non-hydrogen) atoms. The molecule has 0 spiro atoms. The van der Waals surface area contributed by atoms with E-state index in [1.54, 1.807) is 23.9 Å². The number of hydrogen-bond acceptors (Lipinski definition) is 5. The molecule has 156 valence electrons. The molecule has 7 nitrogen and oxygen atoms in total. The van der Waals surface area contributed by atoms with Gasteiger partial charge in [-0.3, -0.25) is 14.2 Å². The Morgan fingerprint density at radius 2 is 2.20 bits per heavy atom. The molecule has 4 aromatic rings. The van der Waals surface area contributed by atoms with Gasteiger partial charge < -0.3 is 10.3 Å². The third kappa shape index (κ3) is 3.85. The summed E-state index contributed by atoms with van der Waals surface area (Å²) in [6.07, 6.45) is 3.93. The van der Waals surface area contributed by atoms with E-state index in [4.69, 9.17) is 0 Å². The molecule has 0 unspecified atom stereocenters. The van der Waals surface area contributed by atoms with E-state index < -0.39 is 0 Å². The summed E-state index contributed by atoms with van der Waals surface area (Å²) in [4.78, 5) is 38.4. The maximum absolute atomic E-state index is 13.3. The molecule has 1 amide bonds. The fourth-order valence-corrected chi connectivity index (χ4v) is 4.45. The molecule has 0 atom stereocenters. The molecule has 0 fully saturated rings. The van der Waals surface area contributed by atoms with Crippen molar-refractivity contribution in [1.82, 2.24) is 24.8 Å². The largest absolute Gasteiger partial charge is 0.351 e. The lowest BCUT2D eigenvalue weighted by atomic mass is 10.2. The van der Waals surface area contributed by atoms with Crippen LogP contribution in [0.3, 0.4) is 0 Å². The number of H-pyrrole nitrogens is 1. The van der Waals surface area contributed by atoms with Crippen molar-refractivity contribution >= 4 is 38.5 Å². The van der Waals surface area contributed by atoms with Crippen LogP contribution in [0.15, 0.2) is 29.3 Å². The van der Waals surface area contributed by atoms with Gasteiger partial charge in [-0.25, -0.2) is 14.4 Å². The molecule has 0 bridgehead atoms. The molecule has 0 radical (unpaired) electrons.